The monoisotopic (exact) mass is 451 g/mol. The SMILES string of the molecule is Cn1c(-c2ccc(CN3CCOCC3)cc2)nc(C(=O)CCc2ccc(F)cc2)c(O)c1=O. The second kappa shape index (κ2) is 10.1. The number of aryl methyl sites for hydroxylation is 1. The van der Waals surface area contributed by atoms with Crippen LogP contribution in [0.25, 0.3) is 11.4 Å². The standard InChI is InChI=1S/C25H26FN3O4/c1-28-24(19-7-2-18(3-8-19)16-29-12-14-33-15-13-29)27-22(23(31)25(28)32)21(30)11-6-17-4-9-20(26)10-5-17/h2-5,7-10,31H,6,11-16H2,1H3. The van der Waals surface area contributed by atoms with Crippen molar-refractivity contribution in [1.82, 2.24) is 14.5 Å². The van der Waals surface area contributed by atoms with Gasteiger partial charge >= 0.3 is 0 Å². The molecule has 2 heterocycles. The predicted molar refractivity (Wildman–Crippen MR) is 122 cm³/mol. The van der Waals surface area contributed by atoms with Gasteiger partial charge in [0.2, 0.25) is 5.75 Å². The van der Waals surface area contributed by atoms with Gasteiger partial charge in [-0.1, -0.05) is 36.4 Å². The Hall–Kier alpha value is -3.36. The zero-order valence-electron chi connectivity index (χ0n) is 18.5. The third kappa shape index (κ3) is 5.35. The highest BCUT2D eigenvalue weighted by molar-refractivity contribution is 5.97. The first-order valence-electron chi connectivity index (χ1n) is 10.9. The molecule has 4 rings (SSSR count). The minimum Gasteiger partial charge on any atom is -0.501 e. The van der Waals surface area contributed by atoms with Crippen LogP contribution in [0.4, 0.5) is 4.39 Å². The molecule has 0 unspecified atom stereocenters. The lowest BCUT2D eigenvalue weighted by Crippen LogP contribution is -2.35. The molecule has 2 aromatic carbocycles. The number of aromatic hydroxyl groups is 1. The normalized spacial score (nSPS) is 14.4. The summed E-state index contributed by atoms with van der Waals surface area (Å²) in [4.78, 5) is 32.0. The van der Waals surface area contributed by atoms with E-state index in [0.29, 0.717) is 17.8 Å². The van der Waals surface area contributed by atoms with Gasteiger partial charge in [0.1, 0.15) is 11.6 Å². The molecule has 0 radical (unpaired) electrons. The number of ether oxygens (including phenoxy) is 1. The smallest absolute Gasteiger partial charge is 0.296 e. The third-order valence-corrected chi connectivity index (χ3v) is 5.81. The second-order valence-corrected chi connectivity index (χ2v) is 8.13. The zero-order chi connectivity index (χ0) is 23.4. The zero-order valence-corrected chi connectivity index (χ0v) is 18.5. The van der Waals surface area contributed by atoms with Crippen LogP contribution in [-0.2, 0) is 24.8 Å². The summed E-state index contributed by atoms with van der Waals surface area (Å²) in [6, 6.07) is 13.5. The minimum atomic E-state index is -0.678. The van der Waals surface area contributed by atoms with Crippen molar-refractivity contribution in [3.63, 3.8) is 0 Å². The molecule has 7 nitrogen and oxygen atoms in total. The largest absolute Gasteiger partial charge is 0.501 e. The fraction of sp³-hybridized carbons (Fsp3) is 0.320. The average Bonchev–Trinajstić information content (AvgIpc) is 2.83. The van der Waals surface area contributed by atoms with E-state index >= 15 is 0 Å². The van der Waals surface area contributed by atoms with Crippen molar-refractivity contribution < 1.29 is 19.0 Å². The number of carbonyl (C=O) groups excluding carboxylic acids is 1. The maximum atomic E-state index is 13.1. The highest BCUT2D eigenvalue weighted by Gasteiger charge is 2.21. The van der Waals surface area contributed by atoms with Gasteiger partial charge in [-0.2, -0.15) is 0 Å². The Morgan fingerprint density at radius 3 is 2.36 bits per heavy atom. The van der Waals surface area contributed by atoms with Gasteiger partial charge in [-0.15, -0.1) is 0 Å². The molecule has 1 N–H and O–H groups in total. The molecule has 172 valence electrons. The number of morpholine rings is 1. The number of benzene rings is 2. The van der Waals surface area contributed by atoms with Crippen LogP contribution in [0.3, 0.4) is 0 Å². The number of aromatic nitrogens is 2. The maximum Gasteiger partial charge on any atom is 0.296 e. The van der Waals surface area contributed by atoms with E-state index in [1.807, 2.05) is 24.3 Å². The van der Waals surface area contributed by atoms with Crippen LogP contribution >= 0.6 is 0 Å². The fourth-order valence-corrected chi connectivity index (χ4v) is 3.85. The summed E-state index contributed by atoms with van der Waals surface area (Å²) in [7, 11) is 1.51. The van der Waals surface area contributed by atoms with E-state index in [2.05, 4.69) is 9.88 Å². The van der Waals surface area contributed by atoms with E-state index in [9.17, 15) is 19.1 Å². The summed E-state index contributed by atoms with van der Waals surface area (Å²) in [6.45, 7) is 4.04. The Balaban J connectivity index is 1.54. The predicted octanol–water partition coefficient (Wildman–Crippen LogP) is 2.94. The van der Waals surface area contributed by atoms with Crippen LogP contribution in [0.2, 0.25) is 0 Å². The molecule has 1 saturated heterocycles. The van der Waals surface area contributed by atoms with E-state index in [1.165, 1.54) is 23.7 Å². The number of halogens is 1. The summed E-state index contributed by atoms with van der Waals surface area (Å²) in [5.41, 5.74) is 1.66. The van der Waals surface area contributed by atoms with Crippen molar-refractivity contribution in [2.45, 2.75) is 19.4 Å². The van der Waals surface area contributed by atoms with E-state index < -0.39 is 17.1 Å². The van der Waals surface area contributed by atoms with Crippen molar-refractivity contribution in [3.05, 3.63) is 81.5 Å². The van der Waals surface area contributed by atoms with Crippen LogP contribution in [0.5, 0.6) is 5.75 Å². The molecule has 1 fully saturated rings. The number of carbonyl (C=O) groups is 1. The Morgan fingerprint density at radius 1 is 1.06 bits per heavy atom. The van der Waals surface area contributed by atoms with Crippen LogP contribution in [0.1, 0.15) is 28.0 Å². The van der Waals surface area contributed by atoms with Gasteiger partial charge in [-0.05, 0) is 29.7 Å². The van der Waals surface area contributed by atoms with Gasteiger partial charge < -0.3 is 9.84 Å². The van der Waals surface area contributed by atoms with Crippen molar-refractivity contribution in [2.75, 3.05) is 26.3 Å². The lowest BCUT2D eigenvalue weighted by Gasteiger charge is -2.26. The molecule has 33 heavy (non-hydrogen) atoms. The first-order chi connectivity index (χ1) is 15.9. The third-order valence-electron chi connectivity index (χ3n) is 5.81. The Labute approximate surface area is 191 Å². The molecule has 8 heteroatoms. The van der Waals surface area contributed by atoms with E-state index in [1.54, 1.807) is 12.1 Å². The summed E-state index contributed by atoms with van der Waals surface area (Å²) in [6.07, 6.45) is 0.387. The van der Waals surface area contributed by atoms with Gasteiger partial charge in [0.15, 0.2) is 11.5 Å². The van der Waals surface area contributed by atoms with Crippen LogP contribution in [-0.4, -0.2) is 51.6 Å². The molecule has 1 aliphatic rings. The number of nitrogens with zero attached hydrogens (tertiary/aromatic N) is 3. The van der Waals surface area contributed by atoms with Crippen LogP contribution in [0.15, 0.2) is 53.3 Å². The molecule has 0 atom stereocenters. The Kier molecular flexibility index (Phi) is 6.96. The van der Waals surface area contributed by atoms with Gasteiger partial charge in [0.25, 0.3) is 5.56 Å². The van der Waals surface area contributed by atoms with E-state index in [-0.39, 0.29) is 17.9 Å². The summed E-state index contributed by atoms with van der Waals surface area (Å²) >= 11 is 0. The molecule has 1 aromatic heterocycles. The van der Waals surface area contributed by atoms with Gasteiger partial charge in [-0.25, -0.2) is 9.37 Å². The summed E-state index contributed by atoms with van der Waals surface area (Å²) in [5.74, 6) is -1.15. The first kappa shape index (κ1) is 22.8. The highest BCUT2D eigenvalue weighted by atomic mass is 19.1. The molecular formula is C25H26FN3O4. The van der Waals surface area contributed by atoms with Crippen molar-refractivity contribution in [3.8, 4) is 17.1 Å². The molecular weight excluding hydrogens is 425 g/mol. The van der Waals surface area contributed by atoms with E-state index in [4.69, 9.17) is 4.74 Å². The van der Waals surface area contributed by atoms with Crippen molar-refractivity contribution in [1.29, 1.82) is 0 Å². The number of hydrogen-bond acceptors (Lipinski definition) is 6. The summed E-state index contributed by atoms with van der Waals surface area (Å²) < 4.78 is 19.7. The average molecular weight is 451 g/mol. The van der Waals surface area contributed by atoms with Gasteiger partial charge in [-0.3, -0.25) is 19.1 Å². The van der Waals surface area contributed by atoms with Crippen molar-refractivity contribution >= 4 is 5.78 Å². The van der Waals surface area contributed by atoms with Crippen molar-refractivity contribution in [2.24, 2.45) is 7.05 Å². The highest BCUT2D eigenvalue weighted by Crippen LogP contribution is 2.22. The molecule has 3 aromatic rings. The van der Waals surface area contributed by atoms with Gasteiger partial charge in [0.05, 0.1) is 13.2 Å². The lowest BCUT2D eigenvalue weighted by atomic mass is 10.0. The number of hydrogen-bond donors (Lipinski definition) is 1. The molecule has 1 aliphatic heterocycles. The fourth-order valence-electron chi connectivity index (χ4n) is 3.85. The first-order valence-corrected chi connectivity index (χ1v) is 10.9. The topological polar surface area (TPSA) is 84.7 Å². The van der Waals surface area contributed by atoms with Crippen LogP contribution < -0.4 is 5.56 Å². The van der Waals surface area contributed by atoms with Gasteiger partial charge in [0, 0.05) is 38.7 Å². The Bertz CT molecular complexity index is 1180. The summed E-state index contributed by atoms with van der Waals surface area (Å²) in [5, 5.41) is 10.3. The Morgan fingerprint density at radius 2 is 1.70 bits per heavy atom. The molecule has 0 bridgehead atoms. The number of rotatable bonds is 7. The second-order valence-electron chi connectivity index (χ2n) is 8.13. The molecule has 0 spiro atoms. The lowest BCUT2D eigenvalue weighted by molar-refractivity contribution is 0.0342. The van der Waals surface area contributed by atoms with Crippen LogP contribution in [0, 0.1) is 5.82 Å². The minimum absolute atomic E-state index is 0.0390. The molecule has 0 saturated carbocycles. The number of Topliss-reactive ketones (excluding diaryl/α,β-unsaturated/α-hetero) is 1. The quantitative estimate of drug-likeness (QED) is 0.556. The molecule has 0 amide bonds. The maximum absolute atomic E-state index is 13.1. The molecule has 0 aliphatic carbocycles. The number of ketones is 1. The van der Waals surface area contributed by atoms with E-state index in [0.717, 1.165) is 44.0 Å².